The van der Waals surface area contributed by atoms with E-state index in [1.54, 1.807) is 18.3 Å². The molecule has 0 bridgehead atoms. The van der Waals surface area contributed by atoms with Gasteiger partial charge in [0.2, 0.25) is 0 Å². The molecule has 0 saturated carbocycles. The van der Waals surface area contributed by atoms with E-state index < -0.39 is 0 Å². The SMILES string of the molecule is CC(C)C(NC(=O)c1cccnc1Br)c1ccccc1. The number of benzene rings is 1. The van der Waals surface area contributed by atoms with Crippen molar-refractivity contribution >= 4 is 21.8 Å². The van der Waals surface area contributed by atoms with Gasteiger partial charge in [-0.05, 0) is 39.5 Å². The first-order valence-electron chi connectivity index (χ1n) is 6.56. The minimum atomic E-state index is -0.118. The minimum absolute atomic E-state index is 0.0178. The van der Waals surface area contributed by atoms with Gasteiger partial charge in [-0.15, -0.1) is 0 Å². The van der Waals surface area contributed by atoms with E-state index in [9.17, 15) is 4.79 Å². The summed E-state index contributed by atoms with van der Waals surface area (Å²) in [5, 5.41) is 3.08. The van der Waals surface area contributed by atoms with Gasteiger partial charge in [0.15, 0.2) is 0 Å². The van der Waals surface area contributed by atoms with Crippen molar-refractivity contribution in [3.8, 4) is 0 Å². The van der Waals surface area contributed by atoms with Gasteiger partial charge in [0.1, 0.15) is 4.60 Å². The molecule has 4 heteroatoms. The summed E-state index contributed by atoms with van der Waals surface area (Å²) in [5.74, 6) is 0.185. The van der Waals surface area contributed by atoms with Gasteiger partial charge >= 0.3 is 0 Å². The molecule has 0 fully saturated rings. The number of nitrogens with one attached hydrogen (secondary N) is 1. The van der Waals surface area contributed by atoms with Crippen LogP contribution in [0.25, 0.3) is 0 Å². The second-order valence-corrected chi connectivity index (χ2v) is 5.70. The summed E-state index contributed by atoms with van der Waals surface area (Å²) in [6, 6.07) is 13.5. The Morgan fingerprint density at radius 2 is 1.85 bits per heavy atom. The Hall–Kier alpha value is -1.68. The van der Waals surface area contributed by atoms with Crippen molar-refractivity contribution in [1.29, 1.82) is 0 Å². The van der Waals surface area contributed by atoms with E-state index in [0.717, 1.165) is 5.56 Å². The summed E-state index contributed by atoms with van der Waals surface area (Å²) in [5.41, 5.74) is 1.66. The smallest absolute Gasteiger partial charge is 0.254 e. The van der Waals surface area contributed by atoms with Gasteiger partial charge in [-0.1, -0.05) is 44.2 Å². The maximum absolute atomic E-state index is 12.4. The van der Waals surface area contributed by atoms with Crippen molar-refractivity contribution < 1.29 is 4.79 Å². The number of amides is 1. The van der Waals surface area contributed by atoms with Crippen molar-refractivity contribution in [2.24, 2.45) is 5.92 Å². The van der Waals surface area contributed by atoms with Crippen LogP contribution in [0.5, 0.6) is 0 Å². The van der Waals surface area contributed by atoms with Crippen LogP contribution in [-0.2, 0) is 0 Å². The Labute approximate surface area is 127 Å². The molecule has 104 valence electrons. The molecule has 1 unspecified atom stereocenters. The molecule has 20 heavy (non-hydrogen) atoms. The van der Waals surface area contributed by atoms with Crippen molar-refractivity contribution in [2.45, 2.75) is 19.9 Å². The molecule has 3 nitrogen and oxygen atoms in total. The number of carbonyl (C=O) groups is 1. The number of aromatic nitrogens is 1. The highest BCUT2D eigenvalue weighted by Gasteiger charge is 2.20. The van der Waals surface area contributed by atoms with Crippen LogP contribution >= 0.6 is 15.9 Å². The molecule has 0 spiro atoms. The van der Waals surface area contributed by atoms with Crippen molar-refractivity contribution in [3.63, 3.8) is 0 Å². The van der Waals surface area contributed by atoms with Gasteiger partial charge in [-0.2, -0.15) is 0 Å². The third-order valence-electron chi connectivity index (χ3n) is 3.12. The summed E-state index contributed by atoms with van der Waals surface area (Å²) in [6.45, 7) is 4.19. The average Bonchev–Trinajstić information content (AvgIpc) is 2.45. The molecule has 0 radical (unpaired) electrons. The lowest BCUT2D eigenvalue weighted by Crippen LogP contribution is -2.32. The van der Waals surface area contributed by atoms with E-state index in [4.69, 9.17) is 0 Å². The molecule has 0 aliphatic heterocycles. The van der Waals surface area contributed by atoms with Crippen LogP contribution in [0, 0.1) is 5.92 Å². The monoisotopic (exact) mass is 332 g/mol. The molecule has 1 N–H and O–H groups in total. The van der Waals surface area contributed by atoms with Gasteiger partial charge in [0.05, 0.1) is 11.6 Å². The first kappa shape index (κ1) is 14.7. The number of hydrogen-bond donors (Lipinski definition) is 1. The van der Waals surface area contributed by atoms with Crippen molar-refractivity contribution in [1.82, 2.24) is 10.3 Å². The largest absolute Gasteiger partial charge is 0.345 e. The van der Waals surface area contributed by atoms with E-state index in [2.05, 4.69) is 40.1 Å². The Kier molecular flexibility index (Phi) is 4.90. The second kappa shape index (κ2) is 6.66. The molecule has 1 heterocycles. The highest BCUT2D eigenvalue weighted by molar-refractivity contribution is 9.10. The summed E-state index contributed by atoms with van der Waals surface area (Å²) >= 11 is 3.31. The van der Waals surface area contributed by atoms with Crippen molar-refractivity contribution in [3.05, 3.63) is 64.4 Å². The first-order chi connectivity index (χ1) is 9.59. The fourth-order valence-corrected chi connectivity index (χ4v) is 2.50. The molecule has 1 aromatic carbocycles. The van der Waals surface area contributed by atoms with Crippen LogP contribution < -0.4 is 5.32 Å². The van der Waals surface area contributed by atoms with E-state index in [0.29, 0.717) is 16.1 Å². The standard InChI is InChI=1S/C16H17BrN2O/c1-11(2)14(12-7-4-3-5-8-12)19-16(20)13-9-6-10-18-15(13)17/h3-11,14H,1-2H3,(H,19,20). The number of hydrogen-bond acceptors (Lipinski definition) is 2. The third-order valence-corrected chi connectivity index (χ3v) is 3.75. The number of nitrogens with zero attached hydrogens (tertiary/aromatic N) is 1. The third kappa shape index (κ3) is 3.45. The summed E-state index contributed by atoms with van der Waals surface area (Å²) in [6.07, 6.45) is 1.65. The first-order valence-corrected chi connectivity index (χ1v) is 7.35. The van der Waals surface area contributed by atoms with Crippen LogP contribution in [0.1, 0.15) is 35.8 Å². The number of halogens is 1. The molecule has 0 aliphatic rings. The maximum atomic E-state index is 12.4. The number of pyridine rings is 1. The maximum Gasteiger partial charge on any atom is 0.254 e. The Morgan fingerprint density at radius 3 is 2.45 bits per heavy atom. The molecule has 1 amide bonds. The van der Waals surface area contributed by atoms with E-state index in [1.165, 1.54) is 0 Å². The lowest BCUT2D eigenvalue weighted by molar-refractivity contribution is 0.0924. The minimum Gasteiger partial charge on any atom is -0.345 e. The van der Waals surface area contributed by atoms with E-state index >= 15 is 0 Å². The van der Waals surface area contributed by atoms with Crippen LogP contribution in [-0.4, -0.2) is 10.9 Å². The Balaban J connectivity index is 2.22. The lowest BCUT2D eigenvalue weighted by atomic mass is 9.96. The highest BCUT2D eigenvalue weighted by atomic mass is 79.9. The van der Waals surface area contributed by atoms with Crippen LogP contribution in [0.15, 0.2) is 53.3 Å². The Morgan fingerprint density at radius 1 is 1.15 bits per heavy atom. The molecule has 2 rings (SSSR count). The van der Waals surface area contributed by atoms with Crippen LogP contribution in [0.4, 0.5) is 0 Å². The second-order valence-electron chi connectivity index (χ2n) is 4.95. The quantitative estimate of drug-likeness (QED) is 0.860. The van der Waals surface area contributed by atoms with Gasteiger partial charge in [0, 0.05) is 6.20 Å². The fourth-order valence-electron chi connectivity index (χ4n) is 2.07. The number of rotatable bonds is 4. The number of carbonyl (C=O) groups excluding carboxylic acids is 1. The zero-order valence-corrected chi connectivity index (χ0v) is 13.1. The summed E-state index contributed by atoms with van der Waals surface area (Å²) in [4.78, 5) is 16.5. The zero-order chi connectivity index (χ0) is 14.5. The van der Waals surface area contributed by atoms with Crippen LogP contribution in [0.3, 0.4) is 0 Å². The predicted molar refractivity (Wildman–Crippen MR) is 83.4 cm³/mol. The molecule has 1 aromatic heterocycles. The lowest BCUT2D eigenvalue weighted by Gasteiger charge is -2.23. The predicted octanol–water partition coefficient (Wildman–Crippen LogP) is 3.97. The van der Waals surface area contributed by atoms with Crippen LogP contribution in [0.2, 0.25) is 0 Å². The Bertz CT molecular complexity index is 584. The van der Waals surface area contributed by atoms with E-state index in [1.807, 2.05) is 30.3 Å². The molecular formula is C16H17BrN2O. The topological polar surface area (TPSA) is 42.0 Å². The summed E-state index contributed by atoms with van der Waals surface area (Å²) < 4.78 is 0.563. The van der Waals surface area contributed by atoms with Gasteiger partial charge < -0.3 is 5.32 Å². The van der Waals surface area contributed by atoms with Gasteiger partial charge in [-0.25, -0.2) is 4.98 Å². The van der Waals surface area contributed by atoms with Gasteiger partial charge in [0.25, 0.3) is 5.91 Å². The normalized spacial score (nSPS) is 12.2. The van der Waals surface area contributed by atoms with E-state index in [-0.39, 0.29) is 11.9 Å². The molecular weight excluding hydrogens is 316 g/mol. The highest BCUT2D eigenvalue weighted by Crippen LogP contribution is 2.22. The molecule has 0 aliphatic carbocycles. The van der Waals surface area contributed by atoms with Gasteiger partial charge in [-0.3, -0.25) is 4.79 Å². The fraction of sp³-hybridized carbons (Fsp3) is 0.250. The molecule has 0 saturated heterocycles. The van der Waals surface area contributed by atoms with Crippen molar-refractivity contribution in [2.75, 3.05) is 0 Å². The molecule has 2 aromatic rings. The zero-order valence-electron chi connectivity index (χ0n) is 11.5. The summed E-state index contributed by atoms with van der Waals surface area (Å²) in [7, 11) is 0. The average molecular weight is 333 g/mol. The molecule has 1 atom stereocenters.